The van der Waals surface area contributed by atoms with Gasteiger partial charge in [-0.3, -0.25) is 0 Å². The van der Waals surface area contributed by atoms with Gasteiger partial charge in [-0.25, -0.2) is 16.8 Å². The summed E-state index contributed by atoms with van der Waals surface area (Å²) in [7, 11) is -8.06. The van der Waals surface area contributed by atoms with Gasteiger partial charge >= 0.3 is 0 Å². The summed E-state index contributed by atoms with van der Waals surface area (Å²) < 4.78 is 46.1. The van der Waals surface area contributed by atoms with Crippen LogP contribution in [0.25, 0.3) is 0 Å². The van der Waals surface area contributed by atoms with E-state index in [-0.39, 0.29) is 9.40 Å². The third-order valence-corrected chi connectivity index (χ3v) is 5.15. The fourth-order valence-electron chi connectivity index (χ4n) is 1.38. The standard InChI is InChI=1S/C9H13NO5S2/c1-7-4-5-9(11)8(6-7)10(16(2,12)13)17(3,14)15/h4-6,11H,1-3H3. The van der Waals surface area contributed by atoms with E-state index < -0.39 is 25.8 Å². The molecule has 1 N–H and O–H groups in total. The molecule has 96 valence electrons. The number of aromatic hydroxyl groups is 1. The second-order valence-electron chi connectivity index (χ2n) is 3.72. The summed E-state index contributed by atoms with van der Waals surface area (Å²) in [6.45, 7) is 1.66. The van der Waals surface area contributed by atoms with Crippen LogP contribution in [0, 0.1) is 6.92 Å². The van der Waals surface area contributed by atoms with E-state index in [0.29, 0.717) is 5.56 Å². The van der Waals surface area contributed by atoms with Crippen LogP contribution in [0.3, 0.4) is 0 Å². The van der Waals surface area contributed by atoms with Crippen LogP contribution in [-0.4, -0.2) is 34.5 Å². The number of hydrogen-bond donors (Lipinski definition) is 1. The quantitative estimate of drug-likeness (QED) is 0.866. The minimum absolute atomic E-state index is 0.211. The van der Waals surface area contributed by atoms with Gasteiger partial charge in [-0.15, -0.1) is 0 Å². The van der Waals surface area contributed by atoms with Gasteiger partial charge in [0.1, 0.15) is 11.4 Å². The Balaban J connectivity index is 3.61. The van der Waals surface area contributed by atoms with Crippen LogP contribution in [0.2, 0.25) is 0 Å². The summed E-state index contributed by atoms with van der Waals surface area (Å²) in [6, 6.07) is 4.08. The molecule has 6 nitrogen and oxygen atoms in total. The van der Waals surface area contributed by atoms with E-state index in [1.807, 2.05) is 0 Å². The number of benzene rings is 1. The van der Waals surface area contributed by atoms with Gasteiger partial charge in [0.15, 0.2) is 0 Å². The van der Waals surface area contributed by atoms with Crippen molar-refractivity contribution >= 4 is 25.7 Å². The third-order valence-electron chi connectivity index (χ3n) is 1.93. The molecular formula is C9H13NO5S2. The van der Waals surface area contributed by atoms with Crippen LogP contribution in [0.1, 0.15) is 5.56 Å². The second-order valence-corrected chi connectivity index (χ2v) is 7.61. The molecule has 0 heterocycles. The number of phenolic OH excluding ortho intramolecular Hbond substituents is 1. The van der Waals surface area contributed by atoms with Crippen molar-refractivity contribution in [1.29, 1.82) is 0 Å². The van der Waals surface area contributed by atoms with Crippen molar-refractivity contribution in [3.8, 4) is 5.75 Å². The Morgan fingerprint density at radius 2 is 1.53 bits per heavy atom. The zero-order valence-electron chi connectivity index (χ0n) is 9.58. The minimum Gasteiger partial charge on any atom is -0.506 e. The van der Waals surface area contributed by atoms with Crippen LogP contribution in [-0.2, 0) is 20.0 Å². The highest BCUT2D eigenvalue weighted by molar-refractivity contribution is 8.09. The molecule has 0 aliphatic heterocycles. The number of phenols is 1. The van der Waals surface area contributed by atoms with Crippen LogP contribution in [0.4, 0.5) is 5.69 Å². The molecule has 0 aromatic heterocycles. The lowest BCUT2D eigenvalue weighted by molar-refractivity contribution is 0.476. The lowest BCUT2D eigenvalue weighted by Crippen LogP contribution is -2.35. The average molecular weight is 279 g/mol. The van der Waals surface area contributed by atoms with Gasteiger partial charge in [-0.2, -0.15) is 3.71 Å². The molecule has 1 aromatic rings. The third kappa shape index (κ3) is 3.10. The average Bonchev–Trinajstić information content (AvgIpc) is 2.06. The Hall–Kier alpha value is -1.28. The molecule has 0 atom stereocenters. The summed E-state index contributed by atoms with van der Waals surface area (Å²) in [6.07, 6.45) is 1.52. The maximum atomic E-state index is 11.5. The maximum absolute atomic E-state index is 11.5. The summed E-state index contributed by atoms with van der Waals surface area (Å²) in [5, 5.41) is 9.56. The minimum atomic E-state index is -4.03. The molecule has 0 radical (unpaired) electrons. The van der Waals surface area contributed by atoms with Crippen molar-refractivity contribution in [2.45, 2.75) is 6.92 Å². The number of nitrogens with zero attached hydrogens (tertiary/aromatic N) is 1. The highest BCUT2D eigenvalue weighted by Gasteiger charge is 2.29. The number of sulfonamides is 2. The van der Waals surface area contributed by atoms with Gasteiger partial charge < -0.3 is 5.11 Å². The van der Waals surface area contributed by atoms with Gasteiger partial charge in [0, 0.05) is 0 Å². The first-order chi connectivity index (χ1) is 7.53. The molecule has 0 bridgehead atoms. The van der Waals surface area contributed by atoms with Gasteiger partial charge in [0.05, 0.1) is 12.5 Å². The highest BCUT2D eigenvalue weighted by Crippen LogP contribution is 2.31. The lowest BCUT2D eigenvalue weighted by Gasteiger charge is -2.20. The monoisotopic (exact) mass is 279 g/mol. The normalized spacial score (nSPS) is 12.4. The van der Waals surface area contributed by atoms with Crippen molar-refractivity contribution in [3.05, 3.63) is 23.8 Å². The topological polar surface area (TPSA) is 91.8 Å². The molecule has 17 heavy (non-hydrogen) atoms. The first-order valence-electron chi connectivity index (χ1n) is 4.53. The molecule has 1 aromatic carbocycles. The Bertz CT molecular complexity index is 601. The van der Waals surface area contributed by atoms with Crippen molar-refractivity contribution in [2.75, 3.05) is 16.2 Å². The number of anilines is 1. The molecule has 0 amide bonds. The SMILES string of the molecule is Cc1ccc(O)c(N(S(C)(=O)=O)S(C)(=O)=O)c1. The summed E-state index contributed by atoms with van der Waals surface area (Å²) in [5.74, 6) is -0.411. The zero-order valence-corrected chi connectivity index (χ0v) is 11.2. The molecule has 0 fully saturated rings. The Labute approximate surface area is 101 Å². The van der Waals surface area contributed by atoms with Crippen molar-refractivity contribution in [3.63, 3.8) is 0 Å². The van der Waals surface area contributed by atoms with Crippen LogP contribution >= 0.6 is 0 Å². The van der Waals surface area contributed by atoms with E-state index in [2.05, 4.69) is 0 Å². The molecule has 0 aliphatic rings. The van der Waals surface area contributed by atoms with E-state index >= 15 is 0 Å². The highest BCUT2D eigenvalue weighted by atomic mass is 32.3. The van der Waals surface area contributed by atoms with Gasteiger partial charge in [-0.05, 0) is 24.6 Å². The van der Waals surface area contributed by atoms with Crippen LogP contribution in [0.15, 0.2) is 18.2 Å². The van der Waals surface area contributed by atoms with E-state index in [1.54, 1.807) is 13.0 Å². The summed E-state index contributed by atoms with van der Waals surface area (Å²) >= 11 is 0. The molecule has 0 unspecified atom stereocenters. The molecule has 1 rings (SSSR count). The van der Waals surface area contributed by atoms with Crippen molar-refractivity contribution < 1.29 is 21.9 Å². The first-order valence-corrected chi connectivity index (χ1v) is 8.23. The number of hydrogen-bond acceptors (Lipinski definition) is 5. The zero-order chi connectivity index (χ0) is 13.4. The largest absolute Gasteiger partial charge is 0.506 e. The molecule has 0 aliphatic carbocycles. The van der Waals surface area contributed by atoms with E-state index in [4.69, 9.17) is 0 Å². The Morgan fingerprint density at radius 3 is 1.94 bits per heavy atom. The lowest BCUT2D eigenvalue weighted by atomic mass is 10.2. The molecule has 8 heteroatoms. The molecule has 0 saturated heterocycles. The summed E-state index contributed by atoms with van der Waals surface area (Å²) in [5.41, 5.74) is 0.366. The smallest absolute Gasteiger partial charge is 0.245 e. The summed E-state index contributed by atoms with van der Waals surface area (Å²) in [4.78, 5) is 0. The van der Waals surface area contributed by atoms with Crippen LogP contribution in [0.5, 0.6) is 5.75 Å². The predicted octanol–water partition coefficient (Wildman–Crippen LogP) is 0.426. The molecule has 0 saturated carbocycles. The maximum Gasteiger partial charge on any atom is 0.245 e. The van der Waals surface area contributed by atoms with E-state index in [0.717, 1.165) is 12.5 Å². The fourth-order valence-corrected chi connectivity index (χ4v) is 4.36. The Morgan fingerprint density at radius 1 is 1.06 bits per heavy atom. The predicted molar refractivity (Wildman–Crippen MR) is 65.0 cm³/mol. The van der Waals surface area contributed by atoms with E-state index in [1.165, 1.54) is 12.1 Å². The molecular weight excluding hydrogens is 266 g/mol. The van der Waals surface area contributed by atoms with E-state index in [9.17, 15) is 21.9 Å². The van der Waals surface area contributed by atoms with Gasteiger partial charge in [0.2, 0.25) is 20.0 Å². The number of aryl methyl sites for hydroxylation is 1. The second kappa shape index (κ2) is 4.19. The number of rotatable bonds is 3. The van der Waals surface area contributed by atoms with Gasteiger partial charge in [-0.1, -0.05) is 6.07 Å². The molecule has 0 spiro atoms. The van der Waals surface area contributed by atoms with Crippen molar-refractivity contribution in [2.24, 2.45) is 0 Å². The van der Waals surface area contributed by atoms with Gasteiger partial charge in [0.25, 0.3) is 0 Å². The Kier molecular flexibility index (Phi) is 3.40. The van der Waals surface area contributed by atoms with Crippen molar-refractivity contribution in [1.82, 2.24) is 0 Å². The fraction of sp³-hybridized carbons (Fsp3) is 0.333. The first kappa shape index (κ1) is 13.8. The van der Waals surface area contributed by atoms with Crippen LogP contribution < -0.4 is 3.71 Å².